The topological polar surface area (TPSA) is 125 Å². The maximum atomic E-state index is 12.7. The van der Waals surface area contributed by atoms with Crippen LogP contribution in [-0.2, 0) is 11.8 Å². The molecule has 0 spiro atoms. The molecule has 0 bridgehead atoms. The maximum absolute atomic E-state index is 12.7. The van der Waals surface area contributed by atoms with Crippen molar-refractivity contribution in [3.63, 3.8) is 0 Å². The second-order valence-electron chi connectivity index (χ2n) is 8.65. The number of aliphatic hydroxyl groups is 1. The Hall–Kier alpha value is -2.68. The van der Waals surface area contributed by atoms with E-state index in [0.29, 0.717) is 24.2 Å². The minimum Gasteiger partial charge on any atom is -0.390 e. The number of nitrogens with one attached hydrogen (secondary N) is 3. The molecule has 0 unspecified atom stereocenters. The molecular weight excluding hydrogens is 372 g/mol. The summed E-state index contributed by atoms with van der Waals surface area (Å²) in [6.45, 7) is 1.75. The van der Waals surface area contributed by atoms with Gasteiger partial charge in [-0.25, -0.2) is 0 Å². The zero-order valence-electron chi connectivity index (χ0n) is 16.8. The number of aryl methyl sites for hydroxylation is 1. The first-order chi connectivity index (χ1) is 13.8. The van der Waals surface area contributed by atoms with E-state index in [0.717, 1.165) is 31.2 Å². The predicted octanol–water partition coefficient (Wildman–Crippen LogP) is 1.13. The Balaban J connectivity index is 1.37. The van der Waals surface area contributed by atoms with Crippen molar-refractivity contribution in [2.45, 2.75) is 63.1 Å². The van der Waals surface area contributed by atoms with Crippen molar-refractivity contribution >= 4 is 11.8 Å². The molecule has 0 aromatic carbocycles. The summed E-state index contributed by atoms with van der Waals surface area (Å²) in [5.74, 6) is -0.397. The number of nitrogens with zero attached hydrogens (tertiary/aromatic N) is 3. The average Bonchev–Trinajstić information content (AvgIpc) is 3.30. The van der Waals surface area contributed by atoms with Crippen LogP contribution in [0.3, 0.4) is 0 Å². The van der Waals surface area contributed by atoms with E-state index in [2.05, 4.69) is 25.9 Å². The third-order valence-corrected chi connectivity index (χ3v) is 5.98. The Kier molecular flexibility index (Phi) is 5.16. The molecule has 0 saturated heterocycles. The number of amides is 2. The van der Waals surface area contributed by atoms with Gasteiger partial charge in [0.25, 0.3) is 5.91 Å². The molecule has 0 aliphatic heterocycles. The van der Waals surface area contributed by atoms with E-state index in [1.807, 2.05) is 13.2 Å². The Morgan fingerprint density at radius 1 is 1.24 bits per heavy atom. The van der Waals surface area contributed by atoms with Crippen molar-refractivity contribution in [2.24, 2.45) is 13.0 Å². The van der Waals surface area contributed by atoms with Gasteiger partial charge in [-0.1, -0.05) is 12.8 Å². The van der Waals surface area contributed by atoms with Gasteiger partial charge in [-0.05, 0) is 38.7 Å². The predicted molar refractivity (Wildman–Crippen MR) is 106 cm³/mol. The lowest BCUT2D eigenvalue weighted by atomic mass is 9.71. The summed E-state index contributed by atoms with van der Waals surface area (Å²) in [5, 5.41) is 27.1. The van der Waals surface area contributed by atoms with E-state index in [1.54, 1.807) is 23.9 Å². The molecule has 2 aromatic heterocycles. The van der Waals surface area contributed by atoms with E-state index in [9.17, 15) is 14.7 Å². The molecule has 2 fully saturated rings. The van der Waals surface area contributed by atoms with Gasteiger partial charge in [0.05, 0.1) is 17.5 Å². The highest BCUT2D eigenvalue weighted by Crippen LogP contribution is 2.37. The smallest absolute Gasteiger partial charge is 0.269 e. The SMILES string of the molecule is Cn1cc(-c2cc(C(=O)N[C@@H]3CCCC[C@@H]3NC(=O)C3CC(C)(O)C3)[nH]n2)cn1. The molecule has 9 nitrogen and oxygen atoms in total. The van der Waals surface area contributed by atoms with Crippen LogP contribution in [0.1, 0.15) is 55.9 Å². The number of H-pyrrole nitrogens is 1. The standard InChI is InChI=1S/C20H28N6O3/c1-20(29)8-12(9-20)18(27)22-14-5-3-4-6-15(14)23-19(28)17-7-16(24-25-17)13-10-21-26(2)11-13/h7,10-12,14-15,29H,3-6,8-9H2,1-2H3,(H,22,27)(H,23,28)(H,24,25)/t12?,14-,15+,20?/m0/s1. The Bertz CT molecular complexity index is 894. The van der Waals surface area contributed by atoms with Gasteiger partial charge in [-0.3, -0.25) is 19.4 Å². The molecule has 2 aliphatic carbocycles. The number of hydrogen-bond donors (Lipinski definition) is 4. The minimum absolute atomic E-state index is 0.0249. The molecule has 2 heterocycles. The normalized spacial score (nSPS) is 29.1. The highest BCUT2D eigenvalue weighted by molar-refractivity contribution is 5.93. The third kappa shape index (κ3) is 4.34. The van der Waals surface area contributed by atoms with Crippen molar-refractivity contribution in [3.05, 3.63) is 24.2 Å². The highest BCUT2D eigenvalue weighted by atomic mass is 16.3. The van der Waals surface area contributed by atoms with Gasteiger partial charge in [0.1, 0.15) is 5.69 Å². The second kappa shape index (κ2) is 7.62. The summed E-state index contributed by atoms with van der Waals surface area (Å²) < 4.78 is 1.68. The summed E-state index contributed by atoms with van der Waals surface area (Å²) in [5.41, 5.74) is 1.15. The van der Waals surface area contributed by atoms with E-state index in [4.69, 9.17) is 0 Å². The van der Waals surface area contributed by atoms with E-state index in [1.165, 1.54) is 0 Å². The van der Waals surface area contributed by atoms with Crippen LogP contribution >= 0.6 is 0 Å². The summed E-state index contributed by atoms with van der Waals surface area (Å²) in [7, 11) is 1.83. The molecule has 2 aromatic rings. The Morgan fingerprint density at radius 2 is 1.93 bits per heavy atom. The zero-order valence-corrected chi connectivity index (χ0v) is 16.8. The molecule has 2 saturated carbocycles. The zero-order chi connectivity index (χ0) is 20.6. The number of carbonyl (C=O) groups is 2. The molecule has 4 N–H and O–H groups in total. The van der Waals surface area contributed by atoms with Crippen LogP contribution in [0.15, 0.2) is 18.5 Å². The van der Waals surface area contributed by atoms with Crippen LogP contribution < -0.4 is 10.6 Å². The lowest BCUT2D eigenvalue weighted by molar-refractivity contribution is -0.140. The largest absolute Gasteiger partial charge is 0.390 e. The molecule has 29 heavy (non-hydrogen) atoms. The number of aromatic amines is 1. The molecule has 2 aliphatic rings. The summed E-state index contributed by atoms with van der Waals surface area (Å²) >= 11 is 0. The van der Waals surface area contributed by atoms with Gasteiger partial charge < -0.3 is 15.7 Å². The average molecular weight is 400 g/mol. The first-order valence-electron chi connectivity index (χ1n) is 10.2. The summed E-state index contributed by atoms with van der Waals surface area (Å²) in [6.07, 6.45) is 8.22. The molecular formula is C20H28N6O3. The van der Waals surface area contributed by atoms with Crippen molar-refractivity contribution in [1.29, 1.82) is 0 Å². The third-order valence-electron chi connectivity index (χ3n) is 5.98. The van der Waals surface area contributed by atoms with Gasteiger partial charge in [-0.15, -0.1) is 0 Å². The molecule has 9 heteroatoms. The molecule has 0 radical (unpaired) electrons. The van der Waals surface area contributed by atoms with Gasteiger partial charge in [0.2, 0.25) is 5.91 Å². The van der Waals surface area contributed by atoms with Gasteiger partial charge in [0.15, 0.2) is 0 Å². The minimum atomic E-state index is -0.727. The van der Waals surface area contributed by atoms with Crippen LogP contribution in [0.4, 0.5) is 0 Å². The summed E-state index contributed by atoms with van der Waals surface area (Å²) in [4.78, 5) is 25.2. The van der Waals surface area contributed by atoms with Crippen LogP contribution in [0.5, 0.6) is 0 Å². The number of rotatable bonds is 5. The van der Waals surface area contributed by atoms with Gasteiger partial charge >= 0.3 is 0 Å². The van der Waals surface area contributed by atoms with Crippen molar-refractivity contribution in [3.8, 4) is 11.3 Å². The fourth-order valence-electron chi connectivity index (χ4n) is 4.35. The van der Waals surface area contributed by atoms with Crippen LogP contribution in [-0.4, -0.2) is 54.6 Å². The number of hydrogen-bond acceptors (Lipinski definition) is 5. The van der Waals surface area contributed by atoms with Crippen LogP contribution in [0, 0.1) is 5.92 Å². The Labute approximate surface area is 169 Å². The second-order valence-corrected chi connectivity index (χ2v) is 8.65. The molecule has 2 atom stereocenters. The van der Waals surface area contributed by atoms with Crippen molar-refractivity contribution in [1.82, 2.24) is 30.6 Å². The first kappa shape index (κ1) is 19.6. The van der Waals surface area contributed by atoms with E-state index < -0.39 is 5.60 Å². The van der Waals surface area contributed by atoms with Gasteiger partial charge in [-0.2, -0.15) is 10.2 Å². The quantitative estimate of drug-likeness (QED) is 0.599. The molecule has 2 amide bonds. The van der Waals surface area contributed by atoms with Crippen molar-refractivity contribution in [2.75, 3.05) is 0 Å². The van der Waals surface area contributed by atoms with E-state index >= 15 is 0 Å². The number of aromatic nitrogens is 4. The van der Waals surface area contributed by atoms with Crippen molar-refractivity contribution < 1.29 is 14.7 Å². The van der Waals surface area contributed by atoms with E-state index in [-0.39, 0.29) is 29.8 Å². The summed E-state index contributed by atoms with van der Waals surface area (Å²) in [6, 6.07) is 1.50. The molecule has 4 rings (SSSR count). The monoisotopic (exact) mass is 400 g/mol. The first-order valence-corrected chi connectivity index (χ1v) is 10.2. The fourth-order valence-corrected chi connectivity index (χ4v) is 4.35. The lowest BCUT2D eigenvalue weighted by Crippen LogP contribution is -2.56. The van der Waals surface area contributed by atoms with Gasteiger partial charge in [0, 0.05) is 36.8 Å². The number of carbonyl (C=O) groups excluding carboxylic acids is 2. The maximum Gasteiger partial charge on any atom is 0.269 e. The highest BCUT2D eigenvalue weighted by Gasteiger charge is 2.43. The fraction of sp³-hybridized carbons (Fsp3) is 0.600. The lowest BCUT2D eigenvalue weighted by Gasteiger charge is -2.41. The van der Waals surface area contributed by atoms with Crippen LogP contribution in [0.2, 0.25) is 0 Å². The van der Waals surface area contributed by atoms with Crippen LogP contribution in [0.25, 0.3) is 11.3 Å². The molecule has 156 valence electrons. The Morgan fingerprint density at radius 3 is 2.55 bits per heavy atom.